The summed E-state index contributed by atoms with van der Waals surface area (Å²) in [6.07, 6.45) is 8.24. The van der Waals surface area contributed by atoms with Gasteiger partial charge in [0.05, 0.1) is 0 Å². The van der Waals surface area contributed by atoms with E-state index < -0.39 is 18.7 Å². The van der Waals surface area contributed by atoms with Crippen molar-refractivity contribution >= 4 is 43.6 Å². The standard InChI is InChI=1S/C28H44N2P.3C6H5.Sn/c1-25(2,3)21-13-22(26(4,5)6)24(23(14-21)27(7,8)9)29-31-30-28-15-18-10-19(16-28)12-20(11-18)17-28;3*1-2-4-6-5-3-1;/h13-14,18-20H,10-12,15-17H2,1-9H3;3*1-5H;/q-1;;;;+1. The molecule has 0 aliphatic heterocycles. The van der Waals surface area contributed by atoms with E-state index in [9.17, 15) is 0 Å². The van der Waals surface area contributed by atoms with Crippen molar-refractivity contribution in [1.29, 1.82) is 0 Å². The molecule has 8 rings (SSSR count). The van der Waals surface area contributed by atoms with Crippen LogP contribution in [0.4, 0.5) is 5.69 Å². The molecule has 4 aliphatic rings. The van der Waals surface area contributed by atoms with E-state index in [4.69, 9.17) is 4.74 Å². The number of hydrogen-bond acceptors (Lipinski definition) is 1. The van der Waals surface area contributed by atoms with Crippen LogP contribution >= 0.6 is 8.52 Å². The van der Waals surface area contributed by atoms with Crippen molar-refractivity contribution in [3.05, 3.63) is 120 Å². The average molecular weight is 790 g/mol. The molecule has 4 fully saturated rings. The van der Waals surface area contributed by atoms with Gasteiger partial charge in [-0.05, 0) is 0 Å². The first-order valence-corrected chi connectivity index (χ1v) is 25.6. The Labute approximate surface area is 309 Å². The summed E-state index contributed by atoms with van der Waals surface area (Å²) < 4.78 is 13.8. The van der Waals surface area contributed by atoms with E-state index in [0.29, 0.717) is 0 Å². The quantitative estimate of drug-likeness (QED) is 0.135. The van der Waals surface area contributed by atoms with Crippen LogP contribution < -0.4 is 10.7 Å². The minimum absolute atomic E-state index is 0.0419. The van der Waals surface area contributed by atoms with E-state index in [1.54, 1.807) is 0 Å². The second-order valence-electron chi connectivity index (χ2n) is 19.1. The zero-order chi connectivity index (χ0) is 35.5. The summed E-state index contributed by atoms with van der Waals surface area (Å²) in [6.45, 7) is 21.4. The Morgan fingerprint density at radius 3 is 1.24 bits per heavy atom. The molecule has 4 heteroatoms. The van der Waals surface area contributed by atoms with E-state index in [0.717, 1.165) is 26.3 Å². The Morgan fingerprint density at radius 2 is 0.920 bits per heavy atom. The van der Waals surface area contributed by atoms with Gasteiger partial charge in [0.25, 0.3) is 0 Å². The number of hydrogen-bond donors (Lipinski definition) is 0. The molecule has 0 unspecified atom stereocenters. The fourth-order valence-electron chi connectivity index (χ4n) is 10.2. The maximum absolute atomic E-state index is 6.01. The Kier molecular flexibility index (Phi) is 9.61. The van der Waals surface area contributed by atoms with Gasteiger partial charge in [-0.1, -0.05) is 0 Å². The van der Waals surface area contributed by atoms with Crippen molar-refractivity contribution in [3.8, 4) is 0 Å². The summed E-state index contributed by atoms with van der Waals surface area (Å²) in [6, 6.07) is 40.2. The van der Waals surface area contributed by atoms with Gasteiger partial charge < -0.3 is 0 Å². The summed E-state index contributed by atoms with van der Waals surface area (Å²) in [5.74, 6) is 2.52. The van der Waals surface area contributed by atoms with E-state index in [2.05, 4.69) is 168 Å². The molecule has 0 amide bonds. The fourth-order valence-corrected chi connectivity index (χ4v) is 28.5. The third kappa shape index (κ3) is 6.60. The molecule has 0 spiro atoms. The molecule has 0 saturated heterocycles. The first-order chi connectivity index (χ1) is 23.6. The molecule has 4 aromatic rings. The molecule has 4 bridgehead atoms. The summed E-state index contributed by atoms with van der Waals surface area (Å²) in [5, 5.41) is 0. The molecular formula is C46H59N2PSn. The van der Waals surface area contributed by atoms with Crippen LogP contribution in [0.15, 0.2) is 108 Å². The van der Waals surface area contributed by atoms with Crippen LogP contribution in [0.2, 0.25) is 0 Å². The number of rotatable bonds is 7. The molecule has 0 heterocycles. The predicted molar refractivity (Wildman–Crippen MR) is 218 cm³/mol. The van der Waals surface area contributed by atoms with E-state index in [-0.39, 0.29) is 21.8 Å². The third-order valence-electron chi connectivity index (χ3n) is 12.2. The van der Waals surface area contributed by atoms with Gasteiger partial charge in [0.2, 0.25) is 0 Å². The second kappa shape index (κ2) is 13.3. The number of benzene rings is 4. The van der Waals surface area contributed by atoms with Crippen molar-refractivity contribution in [1.82, 2.24) is 2.89 Å². The van der Waals surface area contributed by atoms with Crippen LogP contribution in [0.1, 0.15) is 118 Å². The topological polar surface area (TPSA) is 15.6 Å². The van der Waals surface area contributed by atoms with Gasteiger partial charge >= 0.3 is 311 Å². The Balaban J connectivity index is 1.57. The maximum atomic E-state index is 6.01. The molecule has 4 aliphatic carbocycles. The first-order valence-electron chi connectivity index (χ1n) is 19.2. The Morgan fingerprint density at radius 1 is 0.560 bits per heavy atom. The molecule has 0 aromatic heterocycles. The molecule has 0 radical (unpaired) electrons. The molecule has 0 N–H and O–H groups in total. The number of nitrogens with zero attached hydrogens (tertiary/aromatic N) is 2. The molecular weight excluding hydrogens is 730 g/mol. The van der Waals surface area contributed by atoms with Crippen LogP contribution in [0.5, 0.6) is 0 Å². The van der Waals surface area contributed by atoms with Crippen molar-refractivity contribution in [2.45, 2.75) is 123 Å². The van der Waals surface area contributed by atoms with Crippen molar-refractivity contribution < 1.29 is 0 Å². The van der Waals surface area contributed by atoms with Gasteiger partial charge in [-0.15, -0.1) is 0 Å². The normalized spacial score (nSPS) is 24.0. The van der Waals surface area contributed by atoms with Gasteiger partial charge in [-0.2, -0.15) is 0 Å². The van der Waals surface area contributed by atoms with Crippen LogP contribution in [-0.2, 0) is 16.2 Å². The zero-order valence-electron chi connectivity index (χ0n) is 32.1. The van der Waals surface area contributed by atoms with Crippen molar-refractivity contribution in [3.63, 3.8) is 0 Å². The molecule has 262 valence electrons. The van der Waals surface area contributed by atoms with Crippen LogP contribution in [0, 0.1) is 17.8 Å². The molecule has 2 nitrogen and oxygen atoms in total. The third-order valence-corrected chi connectivity index (χ3v) is 29.0. The SMILES string of the molecule is CC(C)(C)c1cc(C(C)(C)C)c(N=P[N](C23CC4CC(CC(C4)C2)C3)[Sn]([c]2ccccc2)([c]2ccccc2)[c]2ccccc2)c(C(C)(C)C)c1. The zero-order valence-corrected chi connectivity index (χ0v) is 35.9. The predicted octanol–water partition coefficient (Wildman–Crippen LogP) is 11.2. The van der Waals surface area contributed by atoms with Gasteiger partial charge in [0.1, 0.15) is 0 Å². The van der Waals surface area contributed by atoms with E-state index in [1.165, 1.54) is 71.6 Å². The van der Waals surface area contributed by atoms with E-state index >= 15 is 0 Å². The fraction of sp³-hybridized carbons (Fsp3) is 0.478. The van der Waals surface area contributed by atoms with Crippen LogP contribution in [0.3, 0.4) is 0 Å². The van der Waals surface area contributed by atoms with Gasteiger partial charge in [-0.3, -0.25) is 0 Å². The first kappa shape index (κ1) is 36.1. The molecule has 0 atom stereocenters. The van der Waals surface area contributed by atoms with Gasteiger partial charge in [-0.25, -0.2) is 0 Å². The van der Waals surface area contributed by atoms with Crippen LogP contribution in [0.25, 0.3) is 0 Å². The molecule has 4 saturated carbocycles. The average Bonchev–Trinajstić information content (AvgIpc) is 3.05. The summed E-state index contributed by atoms with van der Waals surface area (Å²) in [7, 11) is 1.12. The molecule has 50 heavy (non-hydrogen) atoms. The molecule has 4 aromatic carbocycles. The summed E-state index contributed by atoms with van der Waals surface area (Å²) >= 11 is -4.02. The van der Waals surface area contributed by atoms with Crippen LogP contribution in [-0.4, -0.2) is 27.1 Å². The van der Waals surface area contributed by atoms with Gasteiger partial charge in [0, 0.05) is 0 Å². The minimum atomic E-state index is -4.02. The second-order valence-corrected chi connectivity index (χ2v) is 31.2. The Bertz CT molecular complexity index is 1660. The van der Waals surface area contributed by atoms with Crippen molar-refractivity contribution in [2.75, 3.05) is 0 Å². The Hall–Kier alpha value is -2.26. The summed E-state index contributed by atoms with van der Waals surface area (Å²) in [4.78, 5) is 0. The summed E-state index contributed by atoms with van der Waals surface area (Å²) in [5.41, 5.74) is 5.52. The van der Waals surface area contributed by atoms with Crippen molar-refractivity contribution in [2.24, 2.45) is 22.5 Å². The van der Waals surface area contributed by atoms with E-state index in [1.807, 2.05) is 0 Å². The van der Waals surface area contributed by atoms with Gasteiger partial charge in [0.15, 0.2) is 0 Å². The monoisotopic (exact) mass is 790 g/mol.